The van der Waals surface area contributed by atoms with Crippen LogP contribution in [0.25, 0.3) is 0 Å². The van der Waals surface area contributed by atoms with Crippen molar-refractivity contribution < 1.29 is 13.2 Å². The van der Waals surface area contributed by atoms with E-state index in [-0.39, 0.29) is 11.9 Å². The van der Waals surface area contributed by atoms with Gasteiger partial charge in [-0.1, -0.05) is 30.3 Å². The predicted molar refractivity (Wildman–Crippen MR) is 115 cm³/mol. The molecule has 0 radical (unpaired) electrons. The molecule has 2 heterocycles. The number of carbonyl (C=O) groups is 1. The van der Waals surface area contributed by atoms with E-state index in [1.165, 1.54) is 21.9 Å². The molecule has 8 heteroatoms. The van der Waals surface area contributed by atoms with E-state index < -0.39 is 10.0 Å². The van der Waals surface area contributed by atoms with Crippen molar-refractivity contribution in [2.24, 2.45) is 4.99 Å². The molecule has 0 fully saturated rings. The topological polar surface area (TPSA) is 71.7 Å². The Kier molecular flexibility index (Phi) is 5.14. The standard InChI is InChI=1S/C21H21N3O3S2/c1-15-12-18-13-17(8-9-19(18)24(15)29(2,26)27)20(25)22-21-23(10-11-28-21)14-16-6-4-3-5-7-16/h3-11,13,15H,12,14H2,1-2H3. The molecule has 0 spiro atoms. The van der Waals surface area contributed by atoms with Gasteiger partial charge in [0.15, 0.2) is 4.80 Å². The highest BCUT2D eigenvalue weighted by molar-refractivity contribution is 7.92. The van der Waals surface area contributed by atoms with Crippen LogP contribution in [0.4, 0.5) is 5.69 Å². The molecule has 0 N–H and O–H groups in total. The van der Waals surface area contributed by atoms with E-state index in [9.17, 15) is 13.2 Å². The Morgan fingerprint density at radius 2 is 1.97 bits per heavy atom. The lowest BCUT2D eigenvalue weighted by molar-refractivity contribution is 0.0997. The van der Waals surface area contributed by atoms with Crippen molar-refractivity contribution in [3.05, 3.63) is 81.6 Å². The molecule has 1 atom stereocenters. The molecule has 29 heavy (non-hydrogen) atoms. The largest absolute Gasteiger partial charge is 0.319 e. The molecular formula is C21H21N3O3S2. The van der Waals surface area contributed by atoms with Crippen LogP contribution in [-0.4, -0.2) is 31.2 Å². The van der Waals surface area contributed by atoms with Crippen LogP contribution in [0, 0.1) is 0 Å². The van der Waals surface area contributed by atoms with Gasteiger partial charge in [0.05, 0.1) is 11.9 Å². The van der Waals surface area contributed by atoms with Crippen molar-refractivity contribution in [3.8, 4) is 0 Å². The summed E-state index contributed by atoms with van der Waals surface area (Å²) in [5.41, 5.74) is 3.09. The van der Waals surface area contributed by atoms with Gasteiger partial charge in [-0.25, -0.2) is 8.42 Å². The van der Waals surface area contributed by atoms with Gasteiger partial charge < -0.3 is 4.57 Å². The first kappa shape index (κ1) is 19.6. The van der Waals surface area contributed by atoms with Crippen molar-refractivity contribution in [1.82, 2.24) is 4.57 Å². The minimum Gasteiger partial charge on any atom is -0.319 e. The van der Waals surface area contributed by atoms with E-state index in [1.54, 1.807) is 18.2 Å². The molecule has 1 aliphatic heterocycles. The number of nitrogens with zero attached hydrogens (tertiary/aromatic N) is 3. The Morgan fingerprint density at radius 1 is 1.21 bits per heavy atom. The molecule has 0 saturated carbocycles. The average molecular weight is 428 g/mol. The number of thiazole rings is 1. The monoisotopic (exact) mass is 427 g/mol. The summed E-state index contributed by atoms with van der Waals surface area (Å²) in [5.74, 6) is -0.331. The molecule has 1 aromatic heterocycles. The summed E-state index contributed by atoms with van der Waals surface area (Å²) in [4.78, 5) is 17.7. The van der Waals surface area contributed by atoms with Crippen molar-refractivity contribution in [1.29, 1.82) is 0 Å². The molecule has 0 saturated heterocycles. The molecule has 3 aromatic rings. The van der Waals surface area contributed by atoms with Crippen LogP contribution >= 0.6 is 11.3 Å². The number of sulfonamides is 1. The zero-order chi connectivity index (χ0) is 20.6. The first-order valence-electron chi connectivity index (χ1n) is 9.22. The minimum atomic E-state index is -3.35. The van der Waals surface area contributed by atoms with Gasteiger partial charge in [0.1, 0.15) is 0 Å². The fraction of sp³-hybridized carbons (Fsp3) is 0.238. The van der Waals surface area contributed by atoms with E-state index in [4.69, 9.17) is 0 Å². The van der Waals surface area contributed by atoms with Crippen LogP contribution in [0.5, 0.6) is 0 Å². The van der Waals surface area contributed by atoms with Crippen LogP contribution in [0.3, 0.4) is 0 Å². The second-order valence-electron chi connectivity index (χ2n) is 7.17. The normalized spacial score (nSPS) is 16.8. The van der Waals surface area contributed by atoms with Crippen molar-refractivity contribution >= 4 is 33.0 Å². The van der Waals surface area contributed by atoms with Gasteiger partial charge in [-0.2, -0.15) is 4.99 Å². The van der Waals surface area contributed by atoms with Gasteiger partial charge in [0.25, 0.3) is 5.91 Å². The summed E-state index contributed by atoms with van der Waals surface area (Å²) >= 11 is 1.41. The molecule has 4 rings (SSSR count). The Bertz CT molecular complexity index is 1230. The summed E-state index contributed by atoms with van der Waals surface area (Å²) in [7, 11) is -3.35. The number of hydrogen-bond donors (Lipinski definition) is 0. The van der Waals surface area contributed by atoms with Crippen LogP contribution in [0.2, 0.25) is 0 Å². The van der Waals surface area contributed by atoms with Crippen molar-refractivity contribution in [3.63, 3.8) is 0 Å². The summed E-state index contributed by atoms with van der Waals surface area (Å²) < 4.78 is 27.5. The first-order chi connectivity index (χ1) is 13.8. The highest BCUT2D eigenvalue weighted by Crippen LogP contribution is 2.34. The molecule has 1 aliphatic rings. The lowest BCUT2D eigenvalue weighted by atomic mass is 10.1. The van der Waals surface area contributed by atoms with Gasteiger partial charge in [-0.3, -0.25) is 9.10 Å². The van der Waals surface area contributed by atoms with E-state index in [0.717, 1.165) is 11.1 Å². The number of rotatable bonds is 4. The number of aromatic nitrogens is 1. The fourth-order valence-electron chi connectivity index (χ4n) is 3.68. The van der Waals surface area contributed by atoms with E-state index in [1.807, 2.05) is 53.4 Å². The number of carbonyl (C=O) groups excluding carboxylic acids is 1. The second-order valence-corrected chi connectivity index (χ2v) is 9.90. The molecule has 0 bridgehead atoms. The van der Waals surface area contributed by atoms with E-state index in [2.05, 4.69) is 4.99 Å². The van der Waals surface area contributed by atoms with Crippen molar-refractivity contribution in [2.45, 2.75) is 25.9 Å². The highest BCUT2D eigenvalue weighted by Gasteiger charge is 2.32. The van der Waals surface area contributed by atoms with Crippen LogP contribution < -0.4 is 9.11 Å². The van der Waals surface area contributed by atoms with Gasteiger partial charge in [0.2, 0.25) is 10.0 Å². The van der Waals surface area contributed by atoms with Gasteiger partial charge in [-0.15, -0.1) is 11.3 Å². The van der Waals surface area contributed by atoms with E-state index in [0.29, 0.717) is 29.0 Å². The zero-order valence-electron chi connectivity index (χ0n) is 16.1. The summed E-state index contributed by atoms with van der Waals surface area (Å²) in [6.07, 6.45) is 3.70. The van der Waals surface area contributed by atoms with Crippen molar-refractivity contribution in [2.75, 3.05) is 10.6 Å². The predicted octanol–water partition coefficient (Wildman–Crippen LogP) is 3.05. The third-order valence-corrected chi connectivity index (χ3v) is 6.96. The van der Waals surface area contributed by atoms with Crippen LogP contribution in [0.1, 0.15) is 28.4 Å². The Balaban J connectivity index is 1.63. The number of amides is 1. The van der Waals surface area contributed by atoms with E-state index >= 15 is 0 Å². The SMILES string of the molecule is CC1Cc2cc(C(=O)N=c3sccn3Cc3ccccc3)ccc2N1S(C)(=O)=O. The summed E-state index contributed by atoms with van der Waals surface area (Å²) in [6, 6.07) is 15.0. The fourth-order valence-corrected chi connectivity index (χ4v) is 5.67. The third-order valence-electron chi connectivity index (χ3n) is 4.89. The van der Waals surface area contributed by atoms with Crippen LogP contribution in [-0.2, 0) is 23.0 Å². The molecule has 1 amide bonds. The molecule has 6 nitrogen and oxygen atoms in total. The zero-order valence-corrected chi connectivity index (χ0v) is 17.8. The number of anilines is 1. The first-order valence-corrected chi connectivity index (χ1v) is 11.9. The Hall–Kier alpha value is -2.71. The summed E-state index contributed by atoms with van der Waals surface area (Å²) in [5, 5.41) is 1.91. The molecular weight excluding hydrogens is 406 g/mol. The Labute approximate surface area is 173 Å². The summed E-state index contributed by atoms with van der Waals surface area (Å²) in [6.45, 7) is 2.51. The number of hydrogen-bond acceptors (Lipinski definition) is 4. The maximum absolute atomic E-state index is 12.8. The van der Waals surface area contributed by atoms with Gasteiger partial charge >= 0.3 is 0 Å². The smallest absolute Gasteiger partial charge is 0.279 e. The van der Waals surface area contributed by atoms with Gasteiger partial charge in [-0.05, 0) is 42.7 Å². The van der Waals surface area contributed by atoms with Crippen LogP contribution in [0.15, 0.2) is 65.1 Å². The third kappa shape index (κ3) is 4.04. The minimum absolute atomic E-state index is 0.160. The maximum Gasteiger partial charge on any atom is 0.279 e. The maximum atomic E-state index is 12.8. The molecule has 0 aliphatic carbocycles. The Morgan fingerprint density at radius 3 is 2.69 bits per heavy atom. The molecule has 1 unspecified atom stereocenters. The lowest BCUT2D eigenvalue weighted by Gasteiger charge is -2.21. The quantitative estimate of drug-likeness (QED) is 0.642. The molecule has 2 aromatic carbocycles. The number of fused-ring (bicyclic) bond motifs is 1. The second kappa shape index (κ2) is 7.61. The number of benzene rings is 2. The lowest BCUT2D eigenvalue weighted by Crippen LogP contribution is -2.34. The van der Waals surface area contributed by atoms with Gasteiger partial charge in [0, 0.05) is 29.7 Å². The highest BCUT2D eigenvalue weighted by atomic mass is 32.2. The molecule has 150 valence electrons. The average Bonchev–Trinajstić information content (AvgIpc) is 3.24.